The molecule has 1 aliphatic heterocycles. The minimum Gasteiger partial charge on any atom is -0.405 e. The molecule has 1 aliphatic rings. The van der Waals surface area contributed by atoms with E-state index in [-0.39, 0.29) is 6.98 Å². The van der Waals surface area contributed by atoms with Crippen LogP contribution in [0.3, 0.4) is 0 Å². The molecular weight excluding hydrogens is 257 g/mol. The maximum absolute atomic E-state index is 4.12. The molecule has 100 valence electrons. The number of anilines is 2. The van der Waals surface area contributed by atoms with Crippen LogP contribution >= 0.6 is 0 Å². The lowest BCUT2D eigenvalue weighted by molar-refractivity contribution is 1.32. The summed E-state index contributed by atoms with van der Waals surface area (Å²) in [4.78, 5) is 4.12. The van der Waals surface area contributed by atoms with Gasteiger partial charge in [-0.05, 0) is 29.1 Å². The zero-order chi connectivity index (χ0) is 14.1. The van der Waals surface area contributed by atoms with Crippen LogP contribution in [0, 0.1) is 0 Å². The molecule has 3 aromatic rings. The molecule has 0 fully saturated rings. The van der Waals surface area contributed by atoms with Crippen molar-refractivity contribution >= 4 is 35.2 Å². The first-order valence-electron chi connectivity index (χ1n) is 7.03. The monoisotopic (exact) mass is 271 g/mol. The maximum atomic E-state index is 4.12. The highest BCUT2D eigenvalue weighted by atomic mass is 15.0. The minimum atomic E-state index is 0.0747. The predicted molar refractivity (Wildman–Crippen MR) is 90.2 cm³/mol. The molecule has 0 spiro atoms. The molecule has 0 atom stereocenters. The fourth-order valence-electron chi connectivity index (χ4n) is 2.73. The van der Waals surface area contributed by atoms with Crippen LogP contribution < -0.4 is 10.5 Å². The average Bonchev–Trinajstić information content (AvgIpc) is 2.54. The first-order chi connectivity index (χ1) is 10.4. The van der Waals surface area contributed by atoms with Crippen LogP contribution in [0.2, 0.25) is 0 Å². The van der Waals surface area contributed by atoms with E-state index in [1.165, 1.54) is 22.1 Å². The van der Waals surface area contributed by atoms with E-state index in [0.717, 1.165) is 5.56 Å². The summed E-state index contributed by atoms with van der Waals surface area (Å²) in [6, 6.07) is 16.7. The van der Waals surface area contributed by atoms with E-state index in [1.807, 2.05) is 18.3 Å². The van der Waals surface area contributed by atoms with Gasteiger partial charge >= 0.3 is 6.98 Å². The lowest BCUT2D eigenvalue weighted by Crippen LogP contribution is -2.35. The highest BCUT2D eigenvalue weighted by Gasteiger charge is 2.20. The van der Waals surface area contributed by atoms with Gasteiger partial charge in [-0.2, -0.15) is 0 Å². The molecule has 21 heavy (non-hydrogen) atoms. The normalized spacial score (nSPS) is 13.2. The summed E-state index contributed by atoms with van der Waals surface area (Å²) in [5.41, 5.74) is 3.43. The number of pyridine rings is 1. The van der Waals surface area contributed by atoms with E-state index in [1.54, 1.807) is 6.20 Å². The van der Waals surface area contributed by atoms with Crippen LogP contribution in [0.1, 0.15) is 5.56 Å². The molecule has 0 amide bonds. The molecule has 2 heterocycles. The third kappa shape index (κ3) is 2.25. The average molecular weight is 271 g/mol. The summed E-state index contributed by atoms with van der Waals surface area (Å²) in [7, 11) is 0. The van der Waals surface area contributed by atoms with Crippen LogP contribution in [-0.4, -0.2) is 12.0 Å². The Morgan fingerprint density at radius 1 is 0.905 bits per heavy atom. The number of nitrogens with one attached hydrogen (secondary N) is 2. The molecule has 0 aliphatic carbocycles. The Balaban J connectivity index is 1.66. The van der Waals surface area contributed by atoms with Gasteiger partial charge < -0.3 is 10.5 Å². The van der Waals surface area contributed by atoms with Crippen molar-refractivity contribution in [3.05, 3.63) is 72.5 Å². The molecule has 2 N–H and O–H groups in total. The van der Waals surface area contributed by atoms with Crippen LogP contribution in [0.25, 0.3) is 16.8 Å². The van der Waals surface area contributed by atoms with Crippen molar-refractivity contribution in [3.63, 3.8) is 0 Å². The third-order valence-corrected chi connectivity index (χ3v) is 3.69. The molecule has 2 aromatic carbocycles. The SMILES string of the molecule is C(=C/c1cccnc1)/B1Nc2cccc3cccc(c23)N1. The fourth-order valence-corrected chi connectivity index (χ4v) is 2.73. The van der Waals surface area contributed by atoms with Crippen LogP contribution in [0.15, 0.2) is 66.9 Å². The first-order valence-corrected chi connectivity index (χ1v) is 7.03. The van der Waals surface area contributed by atoms with Crippen molar-refractivity contribution in [1.29, 1.82) is 0 Å². The van der Waals surface area contributed by atoms with Gasteiger partial charge in [-0.3, -0.25) is 4.98 Å². The first kappa shape index (κ1) is 12.0. The number of nitrogens with zero attached hydrogens (tertiary/aromatic N) is 1. The van der Waals surface area contributed by atoms with Gasteiger partial charge in [0.15, 0.2) is 0 Å². The number of benzene rings is 2. The third-order valence-electron chi connectivity index (χ3n) is 3.69. The Bertz CT molecular complexity index is 774. The van der Waals surface area contributed by atoms with Gasteiger partial charge in [0, 0.05) is 29.2 Å². The zero-order valence-electron chi connectivity index (χ0n) is 11.5. The Labute approximate surface area is 123 Å². The van der Waals surface area contributed by atoms with E-state index >= 15 is 0 Å². The molecule has 0 unspecified atom stereocenters. The molecule has 3 nitrogen and oxygen atoms in total. The predicted octanol–water partition coefficient (Wildman–Crippen LogP) is 3.81. The quantitative estimate of drug-likeness (QED) is 0.696. The highest BCUT2D eigenvalue weighted by Crippen LogP contribution is 2.33. The largest absolute Gasteiger partial charge is 0.405 e. The number of rotatable bonds is 2. The maximum Gasteiger partial charge on any atom is 0.398 e. The Morgan fingerprint density at radius 2 is 1.67 bits per heavy atom. The van der Waals surface area contributed by atoms with Gasteiger partial charge in [-0.25, -0.2) is 0 Å². The molecule has 4 rings (SSSR count). The van der Waals surface area contributed by atoms with E-state index in [0.29, 0.717) is 0 Å². The summed E-state index contributed by atoms with van der Waals surface area (Å²) in [6.45, 7) is 0.0747. The smallest absolute Gasteiger partial charge is 0.398 e. The lowest BCUT2D eigenvalue weighted by atomic mass is 9.73. The van der Waals surface area contributed by atoms with Gasteiger partial charge in [0.05, 0.1) is 0 Å². The summed E-state index contributed by atoms with van der Waals surface area (Å²) in [5, 5.41) is 9.53. The standard InChI is InChI=1S/C17H14BN3/c1-5-14-6-2-8-16-17(14)15(7-1)20-18(21-16)10-9-13-4-3-11-19-12-13/h1-12,20-21H/b10-9-. The molecule has 1 aromatic heterocycles. The Kier molecular flexibility index (Phi) is 2.85. The van der Waals surface area contributed by atoms with Crippen LogP contribution in [0.4, 0.5) is 11.4 Å². The molecule has 0 saturated carbocycles. The van der Waals surface area contributed by atoms with Crippen molar-refractivity contribution in [2.24, 2.45) is 0 Å². The van der Waals surface area contributed by atoms with Crippen molar-refractivity contribution in [2.45, 2.75) is 0 Å². The minimum absolute atomic E-state index is 0.0747. The zero-order valence-corrected chi connectivity index (χ0v) is 11.5. The Morgan fingerprint density at radius 3 is 2.33 bits per heavy atom. The van der Waals surface area contributed by atoms with Crippen molar-refractivity contribution in [1.82, 2.24) is 4.98 Å². The molecular formula is C17H14BN3. The van der Waals surface area contributed by atoms with Gasteiger partial charge in [-0.1, -0.05) is 42.4 Å². The number of hydrogen-bond donors (Lipinski definition) is 2. The number of aromatic nitrogens is 1. The second-order valence-electron chi connectivity index (χ2n) is 5.12. The second-order valence-corrected chi connectivity index (χ2v) is 5.12. The van der Waals surface area contributed by atoms with E-state index in [9.17, 15) is 0 Å². The molecule has 0 radical (unpaired) electrons. The van der Waals surface area contributed by atoms with Gasteiger partial charge in [-0.15, -0.1) is 0 Å². The van der Waals surface area contributed by atoms with E-state index in [2.05, 4.69) is 63.9 Å². The summed E-state index contributed by atoms with van der Waals surface area (Å²) in [5.74, 6) is 2.12. The van der Waals surface area contributed by atoms with Gasteiger partial charge in [0.1, 0.15) is 0 Å². The lowest BCUT2D eigenvalue weighted by Gasteiger charge is -2.24. The van der Waals surface area contributed by atoms with Crippen LogP contribution in [0.5, 0.6) is 0 Å². The van der Waals surface area contributed by atoms with Gasteiger partial charge in [0.25, 0.3) is 0 Å². The second kappa shape index (κ2) is 4.98. The summed E-state index contributed by atoms with van der Waals surface area (Å²) >= 11 is 0. The van der Waals surface area contributed by atoms with Gasteiger partial charge in [0.2, 0.25) is 0 Å². The van der Waals surface area contributed by atoms with Crippen molar-refractivity contribution in [3.8, 4) is 0 Å². The molecule has 4 heteroatoms. The fraction of sp³-hybridized carbons (Fsp3) is 0. The van der Waals surface area contributed by atoms with Crippen molar-refractivity contribution < 1.29 is 0 Å². The van der Waals surface area contributed by atoms with E-state index in [4.69, 9.17) is 0 Å². The molecule has 0 bridgehead atoms. The highest BCUT2D eigenvalue weighted by molar-refractivity contribution is 6.73. The topological polar surface area (TPSA) is 37.0 Å². The van der Waals surface area contributed by atoms with Crippen LogP contribution in [-0.2, 0) is 0 Å². The Hall–Kier alpha value is -2.75. The van der Waals surface area contributed by atoms with Crippen molar-refractivity contribution in [2.75, 3.05) is 10.5 Å². The summed E-state index contributed by atoms with van der Waals surface area (Å²) in [6.07, 6.45) is 5.71. The summed E-state index contributed by atoms with van der Waals surface area (Å²) < 4.78 is 0. The molecule has 0 saturated heterocycles. The van der Waals surface area contributed by atoms with E-state index < -0.39 is 0 Å². The number of hydrogen-bond acceptors (Lipinski definition) is 3.